The van der Waals surface area contributed by atoms with Gasteiger partial charge in [0, 0.05) is 19.4 Å². The van der Waals surface area contributed by atoms with Gasteiger partial charge in [0.05, 0.1) is 26.4 Å². The molecule has 0 aromatic heterocycles. The third-order valence-corrected chi connectivity index (χ3v) is 12.0. The van der Waals surface area contributed by atoms with Crippen LogP contribution in [0.1, 0.15) is 194 Å². The first-order valence-corrected chi connectivity index (χ1v) is 25.8. The van der Waals surface area contributed by atoms with Crippen LogP contribution < -0.4 is 5.32 Å². The third kappa shape index (κ3) is 32.0. The number of allylic oxidation sites excluding steroid dienone is 4. The molecule has 364 valence electrons. The number of rotatable bonds is 42. The number of hydrogen-bond acceptors (Lipinski definition) is 13. The summed E-state index contributed by atoms with van der Waals surface area (Å²) in [6.07, 6.45) is 33.2. The summed E-state index contributed by atoms with van der Waals surface area (Å²) < 4.78 is 38.8. The van der Waals surface area contributed by atoms with E-state index in [1.54, 1.807) is 0 Å². The Labute approximate surface area is 374 Å². The highest BCUT2D eigenvalue weighted by atomic mass is 31.2. The van der Waals surface area contributed by atoms with Gasteiger partial charge in [0.25, 0.3) is 0 Å². The molecule has 0 radical (unpaired) electrons. The van der Waals surface area contributed by atoms with E-state index in [0.717, 1.165) is 64.2 Å². The number of aliphatic hydroxyl groups excluding tert-OH is 3. The molecule has 0 aromatic rings. The molecule has 0 amide bonds. The molecule has 6 atom stereocenters. The Bertz CT molecular complexity index is 1210. The molecule has 0 spiro atoms. The second-order valence-corrected chi connectivity index (χ2v) is 18.4. The maximum absolute atomic E-state index is 12.8. The summed E-state index contributed by atoms with van der Waals surface area (Å²) in [6.45, 7) is 2.33. The third-order valence-electron chi connectivity index (χ3n) is 11.1. The van der Waals surface area contributed by atoms with Crippen LogP contribution in [0.15, 0.2) is 24.3 Å². The summed E-state index contributed by atoms with van der Waals surface area (Å²) in [6, 6.07) is 0. The van der Waals surface area contributed by atoms with Crippen molar-refractivity contribution in [3.63, 3.8) is 0 Å². The lowest BCUT2D eigenvalue weighted by molar-refractivity contribution is -0.317. The average Bonchev–Trinajstić information content (AvgIpc) is 3.25. The maximum Gasteiger partial charge on any atom is 0.472 e. The van der Waals surface area contributed by atoms with E-state index >= 15 is 0 Å². The van der Waals surface area contributed by atoms with Gasteiger partial charge in [-0.3, -0.25) is 18.6 Å². The first kappa shape index (κ1) is 58.3. The average molecular weight is 906 g/mol. The predicted octanol–water partition coefficient (Wildman–Crippen LogP) is 9.04. The Morgan fingerprint density at radius 3 is 1.74 bits per heavy atom. The van der Waals surface area contributed by atoms with Crippen LogP contribution >= 0.6 is 7.82 Å². The number of phosphoric ester groups is 1. The molecule has 1 saturated heterocycles. The molecule has 0 aliphatic carbocycles. The molecule has 6 N–H and O–H groups in total. The molecule has 1 aliphatic heterocycles. The van der Waals surface area contributed by atoms with Gasteiger partial charge in [-0.05, 0) is 44.9 Å². The SMILES string of the molecule is CCCCC/C=C\C/C=C\CCCCCCCC(=O)O[C@H](COC(=O)CCCCCCCCCCCCCCCCC)COP(=O)(O)OCCNC[C@@]1(O)OC[C@@H](O)[C@@H](O)[C@@H]1O. The Morgan fingerprint density at radius 1 is 0.694 bits per heavy atom. The zero-order valence-corrected chi connectivity index (χ0v) is 39.5. The molecule has 1 fully saturated rings. The molecule has 1 heterocycles. The zero-order valence-electron chi connectivity index (χ0n) is 38.6. The fraction of sp³-hybridized carbons (Fsp3) is 0.872. The quantitative estimate of drug-likeness (QED) is 0.0146. The summed E-state index contributed by atoms with van der Waals surface area (Å²) in [5.41, 5.74) is 0. The molecule has 0 aromatic carbocycles. The van der Waals surface area contributed by atoms with Crippen molar-refractivity contribution in [2.45, 2.75) is 224 Å². The second-order valence-electron chi connectivity index (χ2n) is 16.9. The van der Waals surface area contributed by atoms with Crippen LogP contribution in [0.2, 0.25) is 0 Å². The Hall–Kier alpha value is -1.71. The summed E-state index contributed by atoms with van der Waals surface area (Å²) in [7, 11) is -4.65. The number of ether oxygens (including phenoxy) is 3. The molecule has 1 aliphatic rings. The Morgan fingerprint density at radius 2 is 1.18 bits per heavy atom. The standard InChI is InChI=1S/C47H88NO13P/c1-3-5-7-9-11-13-15-17-19-21-23-25-27-29-31-33-43(50)57-37-41(61-44(51)34-32-30-28-26-24-22-20-18-16-14-12-10-8-6-4-2)38-60-62(55,56)59-36-35-48-40-47(54)46(53)45(52)42(49)39-58-47/h12,14,18,20,41-42,45-46,48-49,52-54H,3-11,13,15-17,19,21-40H2,1-2H3,(H,55,56)/b14-12-,20-18-/t41-,42-,45-,46+,47-/m1/s1. The number of unbranched alkanes of at least 4 members (excludes halogenated alkanes) is 22. The van der Waals surface area contributed by atoms with Gasteiger partial charge in [0.15, 0.2) is 6.10 Å². The van der Waals surface area contributed by atoms with E-state index in [1.165, 1.54) is 89.9 Å². The molecule has 0 saturated carbocycles. The normalized spacial score (nSPS) is 20.8. The highest BCUT2D eigenvalue weighted by Gasteiger charge is 2.48. The topological polar surface area (TPSA) is 211 Å². The largest absolute Gasteiger partial charge is 0.472 e. The zero-order chi connectivity index (χ0) is 45.6. The van der Waals surface area contributed by atoms with Crippen molar-refractivity contribution >= 4 is 19.8 Å². The smallest absolute Gasteiger partial charge is 0.462 e. The van der Waals surface area contributed by atoms with E-state index in [1.807, 2.05) is 0 Å². The summed E-state index contributed by atoms with van der Waals surface area (Å²) >= 11 is 0. The first-order valence-electron chi connectivity index (χ1n) is 24.3. The van der Waals surface area contributed by atoms with Gasteiger partial charge in [-0.25, -0.2) is 4.57 Å². The van der Waals surface area contributed by atoms with Crippen LogP contribution in [0, 0.1) is 0 Å². The second kappa shape index (κ2) is 38.5. The number of hydrogen-bond donors (Lipinski definition) is 6. The number of aliphatic hydroxyl groups is 4. The summed E-state index contributed by atoms with van der Waals surface area (Å²) in [5.74, 6) is -3.16. The van der Waals surface area contributed by atoms with Gasteiger partial charge >= 0.3 is 19.8 Å². The van der Waals surface area contributed by atoms with Gasteiger partial charge in [-0.1, -0.05) is 160 Å². The molecular formula is C47H88NO13P. The minimum atomic E-state index is -4.65. The highest BCUT2D eigenvalue weighted by Crippen LogP contribution is 2.43. The van der Waals surface area contributed by atoms with E-state index in [-0.39, 0.29) is 39.1 Å². The van der Waals surface area contributed by atoms with Crippen molar-refractivity contribution in [1.29, 1.82) is 0 Å². The lowest BCUT2D eigenvalue weighted by Crippen LogP contribution is -2.64. The van der Waals surface area contributed by atoms with Crippen LogP contribution in [-0.2, 0) is 37.4 Å². The van der Waals surface area contributed by atoms with Gasteiger partial charge in [-0.2, -0.15) is 0 Å². The van der Waals surface area contributed by atoms with Gasteiger partial charge in [0.1, 0.15) is 24.9 Å². The molecule has 1 rings (SSSR count). The van der Waals surface area contributed by atoms with Crippen molar-refractivity contribution in [1.82, 2.24) is 5.32 Å². The Kier molecular flexibility index (Phi) is 36.3. The molecule has 0 bridgehead atoms. The lowest BCUT2D eigenvalue weighted by atomic mass is 9.97. The van der Waals surface area contributed by atoms with Crippen LogP contribution in [0.25, 0.3) is 0 Å². The predicted molar refractivity (Wildman–Crippen MR) is 243 cm³/mol. The number of phosphoric acid groups is 1. The van der Waals surface area contributed by atoms with E-state index in [0.29, 0.717) is 12.8 Å². The van der Waals surface area contributed by atoms with E-state index in [4.69, 9.17) is 23.3 Å². The van der Waals surface area contributed by atoms with Crippen LogP contribution in [0.4, 0.5) is 0 Å². The number of carbonyl (C=O) groups is 2. The minimum absolute atomic E-state index is 0.0894. The van der Waals surface area contributed by atoms with Gasteiger partial charge in [-0.15, -0.1) is 0 Å². The van der Waals surface area contributed by atoms with Gasteiger partial charge in [0.2, 0.25) is 5.79 Å². The van der Waals surface area contributed by atoms with E-state index in [2.05, 4.69) is 43.5 Å². The fourth-order valence-electron chi connectivity index (χ4n) is 7.10. The molecule has 14 nitrogen and oxygen atoms in total. The molecule has 1 unspecified atom stereocenters. The van der Waals surface area contributed by atoms with Crippen LogP contribution in [-0.4, -0.2) is 107 Å². The number of nitrogens with one attached hydrogen (secondary N) is 1. The minimum Gasteiger partial charge on any atom is -0.462 e. The Balaban J connectivity index is 2.41. The van der Waals surface area contributed by atoms with Crippen molar-refractivity contribution < 1.29 is 62.7 Å². The van der Waals surface area contributed by atoms with Crippen LogP contribution in [0.3, 0.4) is 0 Å². The summed E-state index contributed by atoms with van der Waals surface area (Å²) in [4.78, 5) is 35.6. The van der Waals surface area contributed by atoms with Crippen molar-refractivity contribution in [2.75, 3.05) is 39.5 Å². The van der Waals surface area contributed by atoms with Crippen molar-refractivity contribution in [3.8, 4) is 0 Å². The molecular weight excluding hydrogens is 817 g/mol. The maximum atomic E-state index is 12.8. The monoisotopic (exact) mass is 906 g/mol. The number of carbonyl (C=O) groups excluding carboxylic acids is 2. The number of esters is 2. The molecule has 62 heavy (non-hydrogen) atoms. The fourth-order valence-corrected chi connectivity index (χ4v) is 7.85. The highest BCUT2D eigenvalue weighted by molar-refractivity contribution is 7.47. The first-order chi connectivity index (χ1) is 29.9. The van der Waals surface area contributed by atoms with Crippen molar-refractivity contribution in [3.05, 3.63) is 24.3 Å². The van der Waals surface area contributed by atoms with E-state index in [9.17, 15) is 39.5 Å². The summed E-state index contributed by atoms with van der Waals surface area (Å²) in [5, 5.41) is 42.6. The lowest BCUT2D eigenvalue weighted by Gasteiger charge is -2.41. The van der Waals surface area contributed by atoms with Crippen molar-refractivity contribution in [2.24, 2.45) is 0 Å². The van der Waals surface area contributed by atoms with E-state index < -0.39 is 63.2 Å². The van der Waals surface area contributed by atoms with Crippen LogP contribution in [0.5, 0.6) is 0 Å². The van der Waals surface area contributed by atoms with Gasteiger partial charge < -0.3 is 44.8 Å². The molecule has 15 heteroatoms.